The lowest BCUT2D eigenvalue weighted by atomic mass is 10.2. The fourth-order valence-electron chi connectivity index (χ4n) is 1.29. The lowest BCUT2D eigenvalue weighted by Crippen LogP contribution is -2.07. The minimum atomic E-state index is -1.16. The van der Waals surface area contributed by atoms with Gasteiger partial charge in [0.2, 0.25) is 0 Å². The average molecular weight is 215 g/mol. The molecule has 0 spiro atoms. The van der Waals surface area contributed by atoms with Gasteiger partial charge in [-0.15, -0.1) is 0 Å². The zero-order valence-corrected chi connectivity index (χ0v) is 8.29. The van der Waals surface area contributed by atoms with Crippen molar-refractivity contribution in [3.05, 3.63) is 42.2 Å². The number of anilines is 1. The van der Waals surface area contributed by atoms with Crippen molar-refractivity contribution in [3.63, 3.8) is 0 Å². The van der Waals surface area contributed by atoms with Gasteiger partial charge in [-0.2, -0.15) is 0 Å². The van der Waals surface area contributed by atoms with E-state index < -0.39 is 5.97 Å². The summed E-state index contributed by atoms with van der Waals surface area (Å²) < 4.78 is 0. The summed E-state index contributed by atoms with van der Waals surface area (Å²) in [6.07, 6.45) is 1.30. The molecule has 0 unspecified atom stereocenters. The lowest BCUT2D eigenvalue weighted by Gasteiger charge is -2.03. The van der Waals surface area contributed by atoms with Crippen LogP contribution in [0.4, 0.5) is 5.69 Å². The Kier molecular flexibility index (Phi) is 2.51. The summed E-state index contributed by atoms with van der Waals surface area (Å²) in [5, 5.41) is 8.87. The van der Waals surface area contributed by atoms with E-state index in [0.717, 1.165) is 5.56 Å². The maximum atomic E-state index is 10.8. The number of carboxylic acids is 1. The van der Waals surface area contributed by atoms with Gasteiger partial charge >= 0.3 is 5.97 Å². The van der Waals surface area contributed by atoms with Crippen LogP contribution < -0.4 is 5.73 Å². The molecule has 2 rings (SSSR count). The van der Waals surface area contributed by atoms with Gasteiger partial charge in [0, 0.05) is 5.56 Å². The van der Waals surface area contributed by atoms with Crippen molar-refractivity contribution in [2.45, 2.75) is 0 Å². The maximum absolute atomic E-state index is 10.8. The van der Waals surface area contributed by atoms with Crippen LogP contribution in [0.1, 0.15) is 10.5 Å². The second kappa shape index (κ2) is 3.98. The predicted octanol–water partition coefficient (Wildman–Crippen LogP) is 1.42. The van der Waals surface area contributed by atoms with Gasteiger partial charge in [0.15, 0.2) is 11.5 Å². The maximum Gasteiger partial charge on any atom is 0.356 e. The summed E-state index contributed by atoms with van der Waals surface area (Å²) in [6, 6.07) is 9.12. The third-order valence-corrected chi connectivity index (χ3v) is 2.05. The van der Waals surface area contributed by atoms with E-state index >= 15 is 0 Å². The first-order valence-electron chi connectivity index (χ1n) is 4.59. The molecule has 0 aliphatic carbocycles. The van der Waals surface area contributed by atoms with Gasteiger partial charge in [0.1, 0.15) is 0 Å². The van der Waals surface area contributed by atoms with Crippen molar-refractivity contribution >= 4 is 11.7 Å². The van der Waals surface area contributed by atoms with Crippen molar-refractivity contribution in [3.8, 4) is 11.4 Å². The first-order chi connectivity index (χ1) is 7.68. The van der Waals surface area contributed by atoms with Gasteiger partial charge in [-0.1, -0.05) is 30.3 Å². The molecule has 0 atom stereocenters. The summed E-state index contributed by atoms with van der Waals surface area (Å²) in [5.74, 6) is -0.802. The molecular weight excluding hydrogens is 206 g/mol. The van der Waals surface area contributed by atoms with E-state index in [1.165, 1.54) is 6.20 Å². The molecule has 2 aromatic rings. The Morgan fingerprint density at radius 1 is 1.25 bits per heavy atom. The fraction of sp³-hybridized carbons (Fsp3) is 0. The summed E-state index contributed by atoms with van der Waals surface area (Å²) in [7, 11) is 0. The number of nitrogen functional groups attached to an aromatic ring is 1. The van der Waals surface area contributed by atoms with E-state index in [4.69, 9.17) is 10.8 Å². The topological polar surface area (TPSA) is 89.1 Å². The van der Waals surface area contributed by atoms with Crippen LogP contribution in [0.2, 0.25) is 0 Å². The molecule has 1 heterocycles. The van der Waals surface area contributed by atoms with E-state index in [1.54, 1.807) is 12.1 Å². The molecule has 0 saturated carbocycles. The molecular formula is C11H9N3O2. The van der Waals surface area contributed by atoms with E-state index in [9.17, 15) is 4.79 Å². The van der Waals surface area contributed by atoms with Crippen molar-refractivity contribution in [1.82, 2.24) is 9.97 Å². The number of benzene rings is 1. The molecule has 0 amide bonds. The summed E-state index contributed by atoms with van der Waals surface area (Å²) in [4.78, 5) is 18.7. The third kappa shape index (κ3) is 1.83. The summed E-state index contributed by atoms with van der Waals surface area (Å²) in [5.41, 5.74) is 6.11. The van der Waals surface area contributed by atoms with Gasteiger partial charge in [0.25, 0.3) is 0 Å². The first-order valence-corrected chi connectivity index (χ1v) is 4.59. The fourth-order valence-corrected chi connectivity index (χ4v) is 1.29. The van der Waals surface area contributed by atoms with E-state index in [1.807, 2.05) is 18.2 Å². The number of aromatic nitrogens is 2. The van der Waals surface area contributed by atoms with E-state index in [0.29, 0.717) is 5.82 Å². The molecule has 0 aliphatic heterocycles. The SMILES string of the molecule is Nc1cnc(-c2ccccc2)nc1C(=O)O. The second-order valence-corrected chi connectivity index (χ2v) is 3.17. The average Bonchev–Trinajstić information content (AvgIpc) is 2.30. The molecule has 80 valence electrons. The molecule has 1 aromatic carbocycles. The Morgan fingerprint density at radius 2 is 1.94 bits per heavy atom. The van der Waals surface area contributed by atoms with Crippen LogP contribution in [0, 0.1) is 0 Å². The molecule has 1 aromatic heterocycles. The van der Waals surface area contributed by atoms with Crippen molar-refractivity contribution in [2.75, 3.05) is 5.73 Å². The van der Waals surface area contributed by atoms with Gasteiger partial charge in [-0.3, -0.25) is 0 Å². The Labute approximate surface area is 91.6 Å². The van der Waals surface area contributed by atoms with E-state index in [-0.39, 0.29) is 11.4 Å². The standard InChI is InChI=1S/C11H9N3O2/c12-8-6-13-10(14-9(8)11(15)16)7-4-2-1-3-5-7/h1-6H,12H2,(H,15,16). The number of carbonyl (C=O) groups is 1. The smallest absolute Gasteiger partial charge is 0.356 e. The number of nitrogens with zero attached hydrogens (tertiary/aromatic N) is 2. The van der Waals surface area contributed by atoms with Crippen molar-refractivity contribution < 1.29 is 9.90 Å². The zero-order chi connectivity index (χ0) is 11.5. The van der Waals surface area contributed by atoms with Gasteiger partial charge in [-0.05, 0) is 0 Å². The van der Waals surface area contributed by atoms with Crippen LogP contribution >= 0.6 is 0 Å². The molecule has 0 fully saturated rings. The zero-order valence-electron chi connectivity index (χ0n) is 8.29. The highest BCUT2D eigenvalue weighted by Crippen LogP contribution is 2.16. The minimum Gasteiger partial charge on any atom is -0.476 e. The molecule has 0 bridgehead atoms. The van der Waals surface area contributed by atoms with Crippen LogP contribution in [0.25, 0.3) is 11.4 Å². The Balaban J connectivity index is 2.52. The molecule has 0 saturated heterocycles. The highest BCUT2D eigenvalue weighted by molar-refractivity contribution is 5.91. The van der Waals surface area contributed by atoms with Gasteiger partial charge in [0.05, 0.1) is 11.9 Å². The Morgan fingerprint density at radius 3 is 2.56 bits per heavy atom. The van der Waals surface area contributed by atoms with Gasteiger partial charge < -0.3 is 10.8 Å². The van der Waals surface area contributed by atoms with Crippen LogP contribution in [0.3, 0.4) is 0 Å². The van der Waals surface area contributed by atoms with Crippen molar-refractivity contribution in [1.29, 1.82) is 0 Å². The molecule has 16 heavy (non-hydrogen) atoms. The molecule has 0 aliphatic rings. The first kappa shape index (κ1) is 10.1. The quantitative estimate of drug-likeness (QED) is 0.790. The third-order valence-electron chi connectivity index (χ3n) is 2.05. The number of aromatic carboxylic acids is 1. The predicted molar refractivity (Wildman–Crippen MR) is 58.8 cm³/mol. The highest BCUT2D eigenvalue weighted by atomic mass is 16.4. The summed E-state index contributed by atoms with van der Waals surface area (Å²) in [6.45, 7) is 0. The summed E-state index contributed by atoms with van der Waals surface area (Å²) >= 11 is 0. The molecule has 5 heteroatoms. The lowest BCUT2D eigenvalue weighted by molar-refractivity contribution is 0.0691. The van der Waals surface area contributed by atoms with Crippen LogP contribution in [-0.2, 0) is 0 Å². The number of carboxylic acid groups (broad SMARTS) is 1. The largest absolute Gasteiger partial charge is 0.476 e. The van der Waals surface area contributed by atoms with Crippen molar-refractivity contribution in [2.24, 2.45) is 0 Å². The number of hydrogen-bond donors (Lipinski definition) is 2. The molecule has 3 N–H and O–H groups in total. The Hall–Kier alpha value is -2.43. The molecule has 0 radical (unpaired) electrons. The highest BCUT2D eigenvalue weighted by Gasteiger charge is 2.12. The van der Waals surface area contributed by atoms with Gasteiger partial charge in [-0.25, -0.2) is 14.8 Å². The molecule has 5 nitrogen and oxygen atoms in total. The number of nitrogens with two attached hydrogens (primary N) is 1. The van der Waals surface area contributed by atoms with Crippen LogP contribution in [-0.4, -0.2) is 21.0 Å². The van der Waals surface area contributed by atoms with Crippen LogP contribution in [0.5, 0.6) is 0 Å². The van der Waals surface area contributed by atoms with Crippen LogP contribution in [0.15, 0.2) is 36.5 Å². The number of hydrogen-bond acceptors (Lipinski definition) is 4. The minimum absolute atomic E-state index is 0.0622. The second-order valence-electron chi connectivity index (χ2n) is 3.17. The number of rotatable bonds is 2. The Bertz CT molecular complexity index is 526. The van der Waals surface area contributed by atoms with E-state index in [2.05, 4.69) is 9.97 Å². The normalized spacial score (nSPS) is 10.0. The monoisotopic (exact) mass is 215 g/mol.